The monoisotopic (exact) mass is 234 g/mol. The van der Waals surface area contributed by atoms with Crippen LogP contribution in [0.25, 0.3) is 10.9 Å². The molecule has 4 nitrogen and oxygen atoms in total. The number of nitrogen functional groups attached to an aromatic ring is 1. The molecule has 0 aliphatic heterocycles. The van der Waals surface area contributed by atoms with Crippen LogP contribution >= 0.6 is 0 Å². The summed E-state index contributed by atoms with van der Waals surface area (Å²) in [5.74, 6) is -1.03. The van der Waals surface area contributed by atoms with Crippen molar-refractivity contribution >= 4 is 22.6 Å². The third kappa shape index (κ3) is 3.45. The smallest absolute Gasteiger partial charge is 0.354 e. The summed E-state index contributed by atoms with van der Waals surface area (Å²) in [7, 11) is 0. The molecular weight excluding hydrogens is 216 g/mol. The number of aromatic nitrogens is 1. The molecule has 3 N–H and O–H groups in total. The highest BCUT2D eigenvalue weighted by atomic mass is 16.4. The Balaban J connectivity index is 0.000000811. The third-order valence-electron chi connectivity index (χ3n) is 1.94. The van der Waals surface area contributed by atoms with Gasteiger partial charge in [-0.1, -0.05) is 33.4 Å². The molecule has 92 valence electrons. The number of nitrogens with two attached hydrogens (primary N) is 1. The molecule has 0 atom stereocenters. The lowest BCUT2D eigenvalue weighted by molar-refractivity contribution is 0.0691. The van der Waals surface area contributed by atoms with Gasteiger partial charge in [-0.3, -0.25) is 0 Å². The fourth-order valence-corrected chi connectivity index (χ4v) is 1.25. The van der Waals surface area contributed by atoms with Gasteiger partial charge < -0.3 is 10.8 Å². The number of nitrogens with zero attached hydrogens (tertiary/aromatic N) is 1. The molecule has 1 aromatic heterocycles. The van der Waals surface area contributed by atoms with Gasteiger partial charge in [-0.15, -0.1) is 0 Å². The SMILES string of the molecule is C.CC.Nc1ccc2ccc(C(=O)O)nc2c1. The van der Waals surface area contributed by atoms with E-state index in [0.717, 1.165) is 5.39 Å². The number of fused-ring (bicyclic) bond motifs is 1. The van der Waals surface area contributed by atoms with Gasteiger partial charge in [0.2, 0.25) is 0 Å². The van der Waals surface area contributed by atoms with E-state index in [1.165, 1.54) is 6.07 Å². The molecule has 17 heavy (non-hydrogen) atoms. The summed E-state index contributed by atoms with van der Waals surface area (Å²) in [5, 5.41) is 9.60. The Morgan fingerprint density at radius 1 is 1.24 bits per heavy atom. The summed E-state index contributed by atoms with van der Waals surface area (Å²) < 4.78 is 0. The maximum Gasteiger partial charge on any atom is 0.354 e. The Morgan fingerprint density at radius 2 is 1.82 bits per heavy atom. The summed E-state index contributed by atoms with van der Waals surface area (Å²) in [6, 6.07) is 8.40. The molecule has 0 bridgehead atoms. The predicted octanol–water partition coefficient (Wildman–Crippen LogP) is 3.18. The number of benzene rings is 1. The number of hydrogen-bond donors (Lipinski definition) is 2. The van der Waals surface area contributed by atoms with Gasteiger partial charge in [0.15, 0.2) is 0 Å². The number of pyridine rings is 1. The average Bonchev–Trinajstić information content (AvgIpc) is 2.30. The standard InChI is InChI=1S/C10H8N2O2.C2H6.CH4/c11-7-3-1-6-2-4-8(10(13)14)12-9(6)5-7;1-2;/h1-5H,11H2,(H,13,14);1-2H3;1H4. The quantitative estimate of drug-likeness (QED) is 0.743. The van der Waals surface area contributed by atoms with E-state index in [1.54, 1.807) is 18.2 Å². The Kier molecular flexibility index (Phi) is 5.68. The Bertz CT molecular complexity index is 510. The minimum absolute atomic E-state index is 0. The number of rotatable bonds is 1. The first kappa shape index (κ1) is 14.9. The molecular formula is C13H18N2O2. The zero-order chi connectivity index (χ0) is 12.1. The van der Waals surface area contributed by atoms with Gasteiger partial charge in [-0.25, -0.2) is 9.78 Å². The van der Waals surface area contributed by atoms with Gasteiger partial charge in [0.05, 0.1) is 5.52 Å². The van der Waals surface area contributed by atoms with Gasteiger partial charge in [0.25, 0.3) is 0 Å². The first-order valence-corrected chi connectivity index (χ1v) is 5.06. The molecule has 0 aliphatic rings. The van der Waals surface area contributed by atoms with Crippen molar-refractivity contribution in [2.75, 3.05) is 5.73 Å². The predicted molar refractivity (Wildman–Crippen MR) is 71.2 cm³/mol. The first-order valence-electron chi connectivity index (χ1n) is 5.06. The Hall–Kier alpha value is -2.10. The van der Waals surface area contributed by atoms with Gasteiger partial charge in [-0.05, 0) is 18.2 Å². The molecule has 0 saturated heterocycles. The highest BCUT2D eigenvalue weighted by Gasteiger charge is 2.04. The summed E-state index contributed by atoms with van der Waals surface area (Å²) in [4.78, 5) is 14.6. The van der Waals surface area contributed by atoms with E-state index >= 15 is 0 Å². The van der Waals surface area contributed by atoms with E-state index in [9.17, 15) is 4.79 Å². The van der Waals surface area contributed by atoms with Crippen molar-refractivity contribution in [3.8, 4) is 0 Å². The van der Waals surface area contributed by atoms with E-state index in [4.69, 9.17) is 10.8 Å². The number of carboxylic acid groups (broad SMARTS) is 1. The average molecular weight is 234 g/mol. The Morgan fingerprint density at radius 3 is 2.41 bits per heavy atom. The highest BCUT2D eigenvalue weighted by molar-refractivity contribution is 5.90. The Labute approximate surface area is 101 Å². The van der Waals surface area contributed by atoms with E-state index in [-0.39, 0.29) is 13.1 Å². The van der Waals surface area contributed by atoms with Crippen LogP contribution in [0.2, 0.25) is 0 Å². The molecule has 0 unspecified atom stereocenters. The van der Waals surface area contributed by atoms with Crippen molar-refractivity contribution in [2.45, 2.75) is 21.3 Å². The van der Waals surface area contributed by atoms with Crippen molar-refractivity contribution in [3.05, 3.63) is 36.0 Å². The second-order valence-corrected chi connectivity index (χ2v) is 2.95. The molecule has 0 fully saturated rings. The molecule has 0 saturated carbocycles. The third-order valence-corrected chi connectivity index (χ3v) is 1.94. The van der Waals surface area contributed by atoms with Crippen LogP contribution in [0, 0.1) is 0 Å². The highest BCUT2D eigenvalue weighted by Crippen LogP contribution is 2.15. The molecule has 1 heterocycles. The van der Waals surface area contributed by atoms with Crippen LogP contribution in [0.5, 0.6) is 0 Å². The number of aromatic carboxylic acids is 1. The topological polar surface area (TPSA) is 76.2 Å². The lowest BCUT2D eigenvalue weighted by Crippen LogP contribution is -1.99. The van der Waals surface area contributed by atoms with E-state index in [1.807, 2.05) is 19.9 Å². The summed E-state index contributed by atoms with van der Waals surface area (Å²) in [5.41, 5.74) is 6.77. The maximum absolute atomic E-state index is 10.6. The minimum atomic E-state index is -1.03. The number of hydrogen-bond acceptors (Lipinski definition) is 3. The van der Waals surface area contributed by atoms with Crippen molar-refractivity contribution < 1.29 is 9.90 Å². The van der Waals surface area contributed by atoms with Gasteiger partial charge in [-0.2, -0.15) is 0 Å². The number of carbonyl (C=O) groups is 1. The van der Waals surface area contributed by atoms with Crippen LogP contribution in [0.1, 0.15) is 31.8 Å². The molecule has 4 heteroatoms. The van der Waals surface area contributed by atoms with Crippen LogP contribution in [0.15, 0.2) is 30.3 Å². The molecule has 0 radical (unpaired) electrons. The van der Waals surface area contributed by atoms with Crippen molar-refractivity contribution in [3.63, 3.8) is 0 Å². The first-order chi connectivity index (χ1) is 7.66. The van der Waals surface area contributed by atoms with Gasteiger partial charge >= 0.3 is 5.97 Å². The fourth-order valence-electron chi connectivity index (χ4n) is 1.25. The molecule has 1 aromatic carbocycles. The van der Waals surface area contributed by atoms with Crippen LogP contribution in [0.3, 0.4) is 0 Å². The summed E-state index contributed by atoms with van der Waals surface area (Å²) in [6.45, 7) is 4.00. The van der Waals surface area contributed by atoms with Crippen molar-refractivity contribution in [1.29, 1.82) is 0 Å². The van der Waals surface area contributed by atoms with E-state index < -0.39 is 5.97 Å². The van der Waals surface area contributed by atoms with Crippen LogP contribution in [0.4, 0.5) is 5.69 Å². The molecule has 0 amide bonds. The van der Waals surface area contributed by atoms with Crippen molar-refractivity contribution in [2.24, 2.45) is 0 Å². The van der Waals surface area contributed by atoms with E-state index in [0.29, 0.717) is 11.2 Å². The lowest BCUT2D eigenvalue weighted by atomic mass is 10.2. The second-order valence-electron chi connectivity index (χ2n) is 2.95. The maximum atomic E-state index is 10.6. The van der Waals surface area contributed by atoms with Crippen molar-refractivity contribution in [1.82, 2.24) is 4.98 Å². The van der Waals surface area contributed by atoms with Crippen LogP contribution in [-0.4, -0.2) is 16.1 Å². The van der Waals surface area contributed by atoms with Crippen LogP contribution < -0.4 is 5.73 Å². The zero-order valence-corrected chi connectivity index (χ0v) is 9.27. The second kappa shape index (κ2) is 6.48. The fraction of sp³-hybridized carbons (Fsp3) is 0.231. The zero-order valence-electron chi connectivity index (χ0n) is 9.27. The minimum Gasteiger partial charge on any atom is -0.477 e. The number of carboxylic acids is 1. The number of anilines is 1. The van der Waals surface area contributed by atoms with Crippen LogP contribution in [-0.2, 0) is 0 Å². The normalized spacial score (nSPS) is 8.82. The molecule has 0 spiro atoms. The molecule has 0 aliphatic carbocycles. The largest absolute Gasteiger partial charge is 0.477 e. The molecule has 2 rings (SSSR count). The molecule has 2 aromatic rings. The van der Waals surface area contributed by atoms with Gasteiger partial charge in [0.1, 0.15) is 5.69 Å². The lowest BCUT2D eigenvalue weighted by Gasteiger charge is -1.99. The summed E-state index contributed by atoms with van der Waals surface area (Å²) >= 11 is 0. The summed E-state index contributed by atoms with van der Waals surface area (Å²) in [6.07, 6.45) is 0. The van der Waals surface area contributed by atoms with Gasteiger partial charge in [0, 0.05) is 11.1 Å². The van der Waals surface area contributed by atoms with E-state index in [2.05, 4.69) is 4.98 Å².